The van der Waals surface area contributed by atoms with Crippen molar-refractivity contribution in [3.63, 3.8) is 0 Å². The molecule has 0 aliphatic carbocycles. The van der Waals surface area contributed by atoms with Crippen molar-refractivity contribution in [2.75, 3.05) is 0 Å². The van der Waals surface area contributed by atoms with Crippen LogP contribution in [0.25, 0.3) is 0 Å². The van der Waals surface area contributed by atoms with E-state index in [1.54, 1.807) is 0 Å². The van der Waals surface area contributed by atoms with Gasteiger partial charge in [0.15, 0.2) is 0 Å². The molecule has 1 N–H and O–H groups in total. The molecule has 0 amide bonds. The molecule has 1 nitrogen and oxygen atoms in total. The summed E-state index contributed by atoms with van der Waals surface area (Å²) in [5, 5.41) is 12.8. The third-order valence-electron chi connectivity index (χ3n) is 3.27. The van der Waals surface area contributed by atoms with Crippen LogP contribution in [0, 0.1) is 0 Å². The Labute approximate surface area is 125 Å². The summed E-state index contributed by atoms with van der Waals surface area (Å²) < 4.78 is 0. The van der Waals surface area contributed by atoms with Gasteiger partial charge >= 0.3 is 125 Å². The Hall–Kier alpha value is -0.461. The second kappa shape index (κ2) is 7.97. The van der Waals surface area contributed by atoms with Crippen LogP contribution >= 0.6 is 0 Å². The molecule has 1 aromatic carbocycles. The molecule has 1 aromatic rings. The molecule has 0 aromatic heterocycles. The molecule has 0 aliphatic heterocycles. The van der Waals surface area contributed by atoms with Gasteiger partial charge in [0, 0.05) is 0 Å². The van der Waals surface area contributed by atoms with Gasteiger partial charge in [-0.1, -0.05) is 0 Å². The third kappa shape index (κ3) is 6.01. The number of hydrogen-bond acceptors (Lipinski definition) is 1. The number of rotatable bonds is 7. The molecule has 0 fully saturated rings. The molecule has 0 spiro atoms. The average molecular weight is 327 g/mol. The molecule has 0 saturated carbocycles. The fourth-order valence-electron chi connectivity index (χ4n) is 2.07. The van der Waals surface area contributed by atoms with Gasteiger partial charge in [-0.15, -0.1) is 0 Å². The maximum atomic E-state index is 9.94. The summed E-state index contributed by atoms with van der Waals surface area (Å²) in [5.74, 6) is 0.434. The van der Waals surface area contributed by atoms with E-state index in [4.69, 9.17) is 0 Å². The molecule has 2 heteroatoms. The van der Waals surface area contributed by atoms with Crippen molar-refractivity contribution < 1.29 is 5.11 Å². The topological polar surface area (TPSA) is 20.2 Å². The fraction of sp³-hybridized carbons (Fsp3) is 0.647. The standard InChI is InChI=1S/C17H28OSe/c1-5-6-11-19-12-7-8-14-9-10-16(18)15(13-14)17(2,3)4/h9-10,13,18H,5-8,11-12H2,1-4H3. The summed E-state index contributed by atoms with van der Waals surface area (Å²) in [6, 6.07) is 6.12. The van der Waals surface area contributed by atoms with Crippen LogP contribution in [0.4, 0.5) is 0 Å². The summed E-state index contributed by atoms with van der Waals surface area (Å²) in [6.45, 7) is 8.72. The molecular weight excluding hydrogens is 299 g/mol. The molecule has 19 heavy (non-hydrogen) atoms. The Bertz CT molecular complexity index is 379. The summed E-state index contributed by atoms with van der Waals surface area (Å²) in [6.07, 6.45) is 5.16. The van der Waals surface area contributed by atoms with E-state index >= 15 is 0 Å². The molecule has 0 atom stereocenters. The Morgan fingerprint density at radius 3 is 2.42 bits per heavy atom. The fourth-order valence-corrected chi connectivity index (χ4v) is 4.26. The zero-order valence-electron chi connectivity index (χ0n) is 12.8. The minimum absolute atomic E-state index is 0.0190. The molecule has 1 rings (SSSR count). The van der Waals surface area contributed by atoms with Crippen molar-refractivity contribution >= 4 is 15.0 Å². The van der Waals surface area contributed by atoms with Crippen LogP contribution in [0.3, 0.4) is 0 Å². The van der Waals surface area contributed by atoms with Crippen molar-refractivity contribution in [2.45, 2.75) is 69.4 Å². The van der Waals surface area contributed by atoms with Crippen LogP contribution in [0.1, 0.15) is 58.1 Å². The molecule has 0 bridgehead atoms. The molecule has 0 radical (unpaired) electrons. The normalized spacial score (nSPS) is 11.8. The van der Waals surface area contributed by atoms with E-state index in [2.05, 4.69) is 39.8 Å². The Morgan fingerprint density at radius 1 is 1.11 bits per heavy atom. The first kappa shape index (κ1) is 16.6. The maximum absolute atomic E-state index is 9.94. The minimum atomic E-state index is 0.0190. The molecule has 0 unspecified atom stereocenters. The summed E-state index contributed by atoms with van der Waals surface area (Å²) in [5.41, 5.74) is 2.46. The molecule has 0 saturated heterocycles. The van der Waals surface area contributed by atoms with Gasteiger partial charge in [-0.3, -0.25) is 0 Å². The Morgan fingerprint density at radius 2 is 1.79 bits per heavy atom. The number of benzene rings is 1. The van der Waals surface area contributed by atoms with E-state index in [9.17, 15) is 5.11 Å². The zero-order chi connectivity index (χ0) is 14.3. The van der Waals surface area contributed by atoms with Crippen LogP contribution in [0.15, 0.2) is 18.2 Å². The first-order chi connectivity index (χ1) is 8.95. The Kier molecular flexibility index (Phi) is 6.96. The van der Waals surface area contributed by atoms with Crippen LogP contribution in [-0.4, -0.2) is 20.1 Å². The number of aryl methyl sites for hydroxylation is 1. The Balaban J connectivity index is 2.47. The monoisotopic (exact) mass is 328 g/mol. The van der Waals surface area contributed by atoms with Crippen LogP contribution in [-0.2, 0) is 11.8 Å². The van der Waals surface area contributed by atoms with Crippen molar-refractivity contribution in [1.29, 1.82) is 0 Å². The van der Waals surface area contributed by atoms with Gasteiger partial charge in [0.2, 0.25) is 0 Å². The van der Waals surface area contributed by atoms with Gasteiger partial charge in [-0.05, 0) is 0 Å². The van der Waals surface area contributed by atoms with Gasteiger partial charge < -0.3 is 0 Å². The number of hydrogen-bond donors (Lipinski definition) is 1. The van der Waals surface area contributed by atoms with Gasteiger partial charge in [-0.2, -0.15) is 0 Å². The molecular formula is C17H28OSe. The number of phenolic OH excluding ortho intramolecular Hbond substituents is 1. The predicted octanol–water partition coefficient (Wildman–Crippen LogP) is 4.96. The third-order valence-corrected chi connectivity index (χ3v) is 5.69. The van der Waals surface area contributed by atoms with E-state index in [1.807, 2.05) is 6.07 Å². The van der Waals surface area contributed by atoms with E-state index in [1.165, 1.54) is 35.5 Å². The van der Waals surface area contributed by atoms with E-state index < -0.39 is 0 Å². The quantitative estimate of drug-likeness (QED) is 0.554. The van der Waals surface area contributed by atoms with Crippen LogP contribution in [0.2, 0.25) is 10.6 Å². The first-order valence-electron chi connectivity index (χ1n) is 7.35. The number of aromatic hydroxyl groups is 1. The second-order valence-corrected chi connectivity index (χ2v) is 8.74. The molecule has 108 valence electrons. The number of phenols is 1. The van der Waals surface area contributed by atoms with Crippen molar-refractivity contribution in [3.05, 3.63) is 29.3 Å². The van der Waals surface area contributed by atoms with Crippen LogP contribution in [0.5, 0.6) is 5.75 Å². The summed E-state index contributed by atoms with van der Waals surface area (Å²) in [7, 11) is 0. The van der Waals surface area contributed by atoms with E-state index in [0.29, 0.717) is 5.75 Å². The van der Waals surface area contributed by atoms with Crippen LogP contribution < -0.4 is 0 Å². The summed E-state index contributed by atoms with van der Waals surface area (Å²) >= 11 is 0.833. The molecule has 0 aliphatic rings. The SMILES string of the molecule is CCCC[Se]CCCc1ccc(O)c(C(C)(C)C)c1. The van der Waals surface area contributed by atoms with E-state index in [-0.39, 0.29) is 5.41 Å². The summed E-state index contributed by atoms with van der Waals surface area (Å²) in [4.78, 5) is 0. The average Bonchev–Trinajstić information content (AvgIpc) is 2.34. The number of unbranched alkanes of at least 4 members (excludes halogenated alkanes) is 1. The first-order valence-corrected chi connectivity index (χ1v) is 9.77. The van der Waals surface area contributed by atoms with Crippen molar-refractivity contribution in [1.82, 2.24) is 0 Å². The van der Waals surface area contributed by atoms with Crippen molar-refractivity contribution in [2.24, 2.45) is 0 Å². The van der Waals surface area contributed by atoms with E-state index in [0.717, 1.165) is 26.9 Å². The zero-order valence-corrected chi connectivity index (χ0v) is 14.5. The van der Waals surface area contributed by atoms with Gasteiger partial charge in [0.05, 0.1) is 0 Å². The van der Waals surface area contributed by atoms with Gasteiger partial charge in [0.25, 0.3) is 0 Å². The molecule has 0 heterocycles. The van der Waals surface area contributed by atoms with Gasteiger partial charge in [-0.25, -0.2) is 0 Å². The van der Waals surface area contributed by atoms with Crippen molar-refractivity contribution in [3.8, 4) is 5.75 Å². The predicted molar refractivity (Wildman–Crippen MR) is 85.4 cm³/mol. The van der Waals surface area contributed by atoms with Gasteiger partial charge in [0.1, 0.15) is 0 Å². The second-order valence-electron chi connectivity index (χ2n) is 6.17.